The summed E-state index contributed by atoms with van der Waals surface area (Å²) in [6, 6.07) is 0. The SMILES string of the molecule is CCCC[C@@H](F)[C@H](O)CC[C@H]1[C@H]2CC(=O)O[C@H]2C[C@H]1C. The predicted molar refractivity (Wildman–Crippen MR) is 74.9 cm³/mol. The van der Waals surface area contributed by atoms with Crippen molar-refractivity contribution in [2.24, 2.45) is 17.8 Å². The first kappa shape index (κ1) is 15.7. The molecule has 3 nitrogen and oxygen atoms in total. The summed E-state index contributed by atoms with van der Waals surface area (Å²) in [5.41, 5.74) is 0. The number of hydrogen-bond acceptors (Lipinski definition) is 3. The first-order valence-corrected chi connectivity index (χ1v) is 8.04. The molecule has 1 saturated heterocycles. The summed E-state index contributed by atoms with van der Waals surface area (Å²) in [6.45, 7) is 4.20. The molecule has 116 valence electrons. The summed E-state index contributed by atoms with van der Waals surface area (Å²) < 4.78 is 19.1. The molecular formula is C16H27FO3. The molecule has 1 aliphatic heterocycles. The Labute approximate surface area is 120 Å². The monoisotopic (exact) mass is 286 g/mol. The summed E-state index contributed by atoms with van der Waals surface area (Å²) in [6.07, 6.45) is 3.06. The van der Waals surface area contributed by atoms with Gasteiger partial charge in [0.15, 0.2) is 0 Å². The van der Waals surface area contributed by atoms with Crippen molar-refractivity contribution in [1.29, 1.82) is 0 Å². The molecule has 2 fully saturated rings. The van der Waals surface area contributed by atoms with Crippen LogP contribution in [0, 0.1) is 17.8 Å². The van der Waals surface area contributed by atoms with Gasteiger partial charge in [-0.25, -0.2) is 4.39 Å². The Morgan fingerprint density at radius 1 is 1.45 bits per heavy atom. The molecule has 0 aromatic rings. The number of hydrogen-bond donors (Lipinski definition) is 1. The van der Waals surface area contributed by atoms with Gasteiger partial charge in [-0.3, -0.25) is 4.79 Å². The molecule has 0 bridgehead atoms. The van der Waals surface area contributed by atoms with E-state index in [0.29, 0.717) is 37.0 Å². The van der Waals surface area contributed by atoms with E-state index in [2.05, 4.69) is 6.92 Å². The highest BCUT2D eigenvalue weighted by atomic mass is 19.1. The molecule has 0 spiro atoms. The normalized spacial score (nSPS) is 35.7. The number of aliphatic hydroxyl groups excluding tert-OH is 1. The highest BCUT2D eigenvalue weighted by molar-refractivity contribution is 5.72. The third-order valence-electron chi connectivity index (χ3n) is 5.09. The number of alkyl halides is 1. The first-order valence-electron chi connectivity index (χ1n) is 8.04. The van der Waals surface area contributed by atoms with Crippen LogP contribution in [0.4, 0.5) is 4.39 Å². The van der Waals surface area contributed by atoms with Crippen molar-refractivity contribution in [3.8, 4) is 0 Å². The Kier molecular flexibility index (Phi) is 5.42. The fourth-order valence-corrected chi connectivity index (χ4v) is 3.88. The van der Waals surface area contributed by atoms with Crippen LogP contribution in [0.3, 0.4) is 0 Å². The number of unbranched alkanes of at least 4 members (excludes halogenated alkanes) is 1. The second-order valence-corrected chi connectivity index (χ2v) is 6.58. The number of rotatable bonds is 7. The molecule has 0 radical (unpaired) electrons. The molecule has 0 amide bonds. The van der Waals surface area contributed by atoms with Crippen LogP contribution >= 0.6 is 0 Å². The topological polar surface area (TPSA) is 46.5 Å². The molecule has 20 heavy (non-hydrogen) atoms. The molecule has 1 saturated carbocycles. The molecule has 0 unspecified atom stereocenters. The lowest BCUT2D eigenvalue weighted by atomic mass is 9.83. The van der Waals surface area contributed by atoms with Gasteiger partial charge < -0.3 is 9.84 Å². The van der Waals surface area contributed by atoms with Crippen LogP contribution in [0.5, 0.6) is 0 Å². The zero-order valence-corrected chi connectivity index (χ0v) is 12.6. The molecule has 1 N–H and O–H groups in total. The number of esters is 1. The van der Waals surface area contributed by atoms with Crippen molar-refractivity contribution < 1.29 is 19.0 Å². The van der Waals surface area contributed by atoms with E-state index in [-0.39, 0.29) is 12.1 Å². The third-order valence-corrected chi connectivity index (χ3v) is 5.09. The predicted octanol–water partition coefficient (Wildman–Crippen LogP) is 3.24. The summed E-state index contributed by atoms with van der Waals surface area (Å²) in [5.74, 6) is 1.08. The van der Waals surface area contributed by atoms with Gasteiger partial charge in [-0.05, 0) is 37.5 Å². The summed E-state index contributed by atoms with van der Waals surface area (Å²) in [5, 5.41) is 9.91. The third kappa shape index (κ3) is 3.51. The van der Waals surface area contributed by atoms with Crippen molar-refractivity contribution in [3.05, 3.63) is 0 Å². The highest BCUT2D eigenvalue weighted by Gasteiger charge is 2.48. The van der Waals surface area contributed by atoms with Gasteiger partial charge in [-0.1, -0.05) is 26.7 Å². The minimum Gasteiger partial charge on any atom is -0.462 e. The van der Waals surface area contributed by atoms with Gasteiger partial charge in [0.2, 0.25) is 0 Å². The van der Waals surface area contributed by atoms with Crippen molar-refractivity contribution >= 4 is 5.97 Å². The minimum atomic E-state index is -1.11. The average Bonchev–Trinajstić information content (AvgIpc) is 2.88. The Morgan fingerprint density at radius 2 is 2.20 bits per heavy atom. The van der Waals surface area contributed by atoms with Gasteiger partial charge in [0.25, 0.3) is 0 Å². The molecule has 6 atom stereocenters. The molecule has 2 aliphatic rings. The zero-order valence-electron chi connectivity index (χ0n) is 12.6. The first-order chi connectivity index (χ1) is 9.52. The van der Waals surface area contributed by atoms with Crippen molar-refractivity contribution in [2.45, 2.75) is 77.2 Å². The smallest absolute Gasteiger partial charge is 0.306 e. The van der Waals surface area contributed by atoms with Gasteiger partial charge in [0.1, 0.15) is 12.3 Å². The van der Waals surface area contributed by atoms with Gasteiger partial charge >= 0.3 is 5.97 Å². The summed E-state index contributed by atoms with van der Waals surface area (Å²) in [4.78, 5) is 11.3. The van der Waals surface area contributed by atoms with Gasteiger partial charge in [-0.2, -0.15) is 0 Å². The van der Waals surface area contributed by atoms with Crippen LogP contribution in [0.1, 0.15) is 58.8 Å². The minimum absolute atomic E-state index is 0.0703. The lowest BCUT2D eigenvalue weighted by Gasteiger charge is -2.23. The number of halogens is 1. The zero-order chi connectivity index (χ0) is 14.7. The second kappa shape index (κ2) is 6.88. The van der Waals surface area contributed by atoms with Crippen LogP contribution < -0.4 is 0 Å². The van der Waals surface area contributed by atoms with E-state index >= 15 is 0 Å². The molecule has 0 aromatic heterocycles. The maximum absolute atomic E-state index is 13.8. The van der Waals surface area contributed by atoms with Crippen LogP contribution in [0.15, 0.2) is 0 Å². The van der Waals surface area contributed by atoms with Gasteiger partial charge in [-0.15, -0.1) is 0 Å². The fraction of sp³-hybridized carbons (Fsp3) is 0.938. The molecule has 4 heteroatoms. The van der Waals surface area contributed by atoms with Crippen LogP contribution in [-0.4, -0.2) is 29.5 Å². The van der Waals surface area contributed by atoms with Crippen molar-refractivity contribution in [1.82, 2.24) is 0 Å². The number of aliphatic hydroxyl groups is 1. The quantitative estimate of drug-likeness (QED) is 0.731. The van der Waals surface area contributed by atoms with Crippen LogP contribution in [-0.2, 0) is 9.53 Å². The molecule has 0 aromatic carbocycles. The average molecular weight is 286 g/mol. The second-order valence-electron chi connectivity index (χ2n) is 6.58. The van der Waals surface area contributed by atoms with Crippen LogP contribution in [0.25, 0.3) is 0 Å². The van der Waals surface area contributed by atoms with E-state index in [1.807, 2.05) is 6.92 Å². The molecule has 1 aliphatic carbocycles. The van der Waals surface area contributed by atoms with E-state index in [4.69, 9.17) is 4.74 Å². The number of ether oxygens (including phenoxy) is 1. The fourth-order valence-electron chi connectivity index (χ4n) is 3.88. The lowest BCUT2D eigenvalue weighted by Crippen LogP contribution is -2.24. The maximum Gasteiger partial charge on any atom is 0.306 e. The Hall–Kier alpha value is -0.640. The largest absolute Gasteiger partial charge is 0.462 e. The Balaban J connectivity index is 1.79. The molecular weight excluding hydrogens is 259 g/mol. The number of fused-ring (bicyclic) bond motifs is 1. The summed E-state index contributed by atoms with van der Waals surface area (Å²) >= 11 is 0. The van der Waals surface area contributed by atoms with Crippen molar-refractivity contribution in [2.75, 3.05) is 0 Å². The van der Waals surface area contributed by atoms with Crippen LogP contribution in [0.2, 0.25) is 0 Å². The molecule has 2 rings (SSSR count). The van der Waals surface area contributed by atoms with E-state index in [1.54, 1.807) is 0 Å². The van der Waals surface area contributed by atoms with E-state index in [1.165, 1.54) is 0 Å². The standard InChI is InChI=1S/C16H27FO3/c1-3-4-5-13(17)14(18)7-6-11-10(2)8-15-12(11)9-16(19)20-15/h10-15,18H,3-9H2,1-2H3/t10-,11-,12-,13-,14-,15+/m1/s1. The number of carbonyl (C=O) groups is 1. The Bertz CT molecular complexity index is 334. The van der Waals surface area contributed by atoms with Gasteiger partial charge in [0, 0.05) is 5.92 Å². The van der Waals surface area contributed by atoms with E-state index in [0.717, 1.165) is 25.7 Å². The van der Waals surface area contributed by atoms with E-state index < -0.39 is 12.3 Å². The number of carbonyl (C=O) groups excluding carboxylic acids is 1. The lowest BCUT2D eigenvalue weighted by molar-refractivity contribution is -0.141. The Morgan fingerprint density at radius 3 is 2.90 bits per heavy atom. The summed E-state index contributed by atoms with van der Waals surface area (Å²) in [7, 11) is 0. The van der Waals surface area contributed by atoms with Crippen molar-refractivity contribution in [3.63, 3.8) is 0 Å². The molecule has 1 heterocycles. The van der Waals surface area contributed by atoms with E-state index in [9.17, 15) is 14.3 Å². The maximum atomic E-state index is 13.8. The highest BCUT2D eigenvalue weighted by Crippen LogP contribution is 2.46. The van der Waals surface area contributed by atoms with Gasteiger partial charge in [0.05, 0.1) is 12.5 Å².